The molecule has 0 fully saturated rings. The molecule has 0 aromatic heterocycles. The molecule has 0 aliphatic carbocycles. The summed E-state index contributed by atoms with van der Waals surface area (Å²) in [6.07, 6.45) is 0. The number of nitrogens with zero attached hydrogens (tertiary/aromatic N) is 1. The summed E-state index contributed by atoms with van der Waals surface area (Å²) in [7, 11) is 0. The van der Waals surface area contributed by atoms with Crippen LogP contribution in [0.1, 0.15) is 19.4 Å². The average Bonchev–Trinajstić information content (AvgIpc) is 2.57. The molecule has 0 unspecified atom stereocenters. The van der Waals surface area contributed by atoms with Gasteiger partial charge in [0.15, 0.2) is 0 Å². The summed E-state index contributed by atoms with van der Waals surface area (Å²) in [5.41, 5.74) is 2.11. The van der Waals surface area contributed by atoms with Gasteiger partial charge in [0.25, 0.3) is 0 Å². The fraction of sp³-hybridized carbons (Fsp3) is 0.211. The monoisotopic (exact) mass is 373 g/mol. The average molecular weight is 374 g/mol. The zero-order valence-electron chi connectivity index (χ0n) is 14.6. The van der Waals surface area contributed by atoms with E-state index in [0.29, 0.717) is 22.9 Å². The minimum atomic E-state index is -0.304. The molecule has 0 heterocycles. The minimum absolute atomic E-state index is 0.0641. The molecule has 2 aromatic rings. The predicted molar refractivity (Wildman–Crippen MR) is 102 cm³/mol. The summed E-state index contributed by atoms with van der Waals surface area (Å²) in [5.74, 6) is -0.668. The van der Waals surface area contributed by atoms with E-state index in [1.54, 1.807) is 36.4 Å². The van der Waals surface area contributed by atoms with E-state index in [4.69, 9.17) is 11.6 Å². The van der Waals surface area contributed by atoms with Crippen LogP contribution in [0.2, 0.25) is 5.02 Å². The maximum Gasteiger partial charge on any atom is 0.244 e. The number of benzene rings is 2. The number of halogens is 1. The molecule has 6 nitrogen and oxygen atoms in total. The normalized spacial score (nSPS) is 10.1. The molecular formula is C19H20ClN3O3. The van der Waals surface area contributed by atoms with E-state index < -0.39 is 0 Å². The molecule has 2 aromatic carbocycles. The third-order valence-electron chi connectivity index (χ3n) is 3.56. The van der Waals surface area contributed by atoms with Crippen molar-refractivity contribution in [3.63, 3.8) is 0 Å². The van der Waals surface area contributed by atoms with Crippen LogP contribution in [0, 0.1) is 0 Å². The third kappa shape index (κ3) is 6.22. The maximum absolute atomic E-state index is 12.2. The smallest absolute Gasteiger partial charge is 0.244 e. The lowest BCUT2D eigenvalue weighted by atomic mass is 10.2. The number of anilines is 2. The number of hydrogen-bond donors (Lipinski definition) is 2. The van der Waals surface area contributed by atoms with E-state index in [1.807, 2.05) is 12.1 Å². The van der Waals surface area contributed by atoms with Gasteiger partial charge in [0.1, 0.15) is 6.54 Å². The molecule has 2 N–H and O–H groups in total. The highest BCUT2D eigenvalue weighted by Gasteiger charge is 2.14. The van der Waals surface area contributed by atoms with E-state index in [2.05, 4.69) is 10.6 Å². The zero-order valence-corrected chi connectivity index (χ0v) is 15.3. The van der Waals surface area contributed by atoms with Gasteiger partial charge >= 0.3 is 0 Å². The predicted octanol–water partition coefficient (Wildman–Crippen LogP) is 3.29. The van der Waals surface area contributed by atoms with Crippen LogP contribution in [-0.4, -0.2) is 29.2 Å². The standard InChI is InChI=1S/C19H20ClN3O3/c1-13(24)21-17-7-9-18(10-8-17)22-19(26)12-23(14(2)25)11-15-3-5-16(20)6-4-15/h3-10H,11-12H2,1-2H3,(H,21,24)(H,22,26). The largest absolute Gasteiger partial charge is 0.329 e. The SMILES string of the molecule is CC(=O)Nc1ccc(NC(=O)CN(Cc2ccc(Cl)cc2)C(C)=O)cc1. The van der Waals surface area contributed by atoms with Crippen LogP contribution in [0.5, 0.6) is 0 Å². The highest BCUT2D eigenvalue weighted by Crippen LogP contribution is 2.14. The lowest BCUT2D eigenvalue weighted by Crippen LogP contribution is -2.36. The van der Waals surface area contributed by atoms with Crippen LogP contribution in [0.4, 0.5) is 11.4 Å². The van der Waals surface area contributed by atoms with Crippen LogP contribution in [0.25, 0.3) is 0 Å². The lowest BCUT2D eigenvalue weighted by molar-refractivity contribution is -0.133. The van der Waals surface area contributed by atoms with Crippen molar-refractivity contribution in [2.24, 2.45) is 0 Å². The molecule has 136 valence electrons. The molecule has 0 aliphatic heterocycles. The van der Waals surface area contributed by atoms with Crippen LogP contribution in [0.15, 0.2) is 48.5 Å². The molecule has 0 spiro atoms. The van der Waals surface area contributed by atoms with Crippen molar-refractivity contribution in [3.05, 3.63) is 59.1 Å². The van der Waals surface area contributed by atoms with Gasteiger partial charge in [-0.05, 0) is 42.0 Å². The molecular weight excluding hydrogens is 354 g/mol. The van der Waals surface area contributed by atoms with Gasteiger partial charge in [-0.2, -0.15) is 0 Å². The molecule has 0 aliphatic rings. The van der Waals surface area contributed by atoms with E-state index >= 15 is 0 Å². The first kappa shape index (κ1) is 19.5. The van der Waals surface area contributed by atoms with E-state index in [-0.39, 0.29) is 24.3 Å². The summed E-state index contributed by atoms with van der Waals surface area (Å²) >= 11 is 5.86. The molecule has 3 amide bonds. The Morgan fingerprint density at radius 1 is 0.885 bits per heavy atom. The van der Waals surface area contributed by atoms with Crippen LogP contribution in [-0.2, 0) is 20.9 Å². The number of rotatable bonds is 6. The second kappa shape index (κ2) is 9.01. The molecule has 0 radical (unpaired) electrons. The molecule has 0 atom stereocenters. The quantitative estimate of drug-likeness (QED) is 0.815. The van der Waals surface area contributed by atoms with E-state index in [9.17, 15) is 14.4 Å². The first-order valence-electron chi connectivity index (χ1n) is 8.01. The molecule has 2 rings (SSSR count). The van der Waals surface area contributed by atoms with Crippen molar-refractivity contribution >= 4 is 40.7 Å². The van der Waals surface area contributed by atoms with Crippen LogP contribution < -0.4 is 10.6 Å². The van der Waals surface area contributed by atoms with Crippen molar-refractivity contribution in [1.29, 1.82) is 0 Å². The Balaban J connectivity index is 1.95. The van der Waals surface area contributed by atoms with Crippen LogP contribution in [0.3, 0.4) is 0 Å². The van der Waals surface area contributed by atoms with E-state index in [0.717, 1.165) is 5.56 Å². The second-order valence-electron chi connectivity index (χ2n) is 5.81. The molecule has 0 bridgehead atoms. The Morgan fingerprint density at radius 3 is 1.92 bits per heavy atom. The van der Waals surface area contributed by atoms with E-state index in [1.165, 1.54) is 18.7 Å². The number of amides is 3. The van der Waals surface area contributed by atoms with Crippen molar-refractivity contribution in [2.75, 3.05) is 17.2 Å². The topological polar surface area (TPSA) is 78.5 Å². The molecule has 26 heavy (non-hydrogen) atoms. The van der Waals surface area contributed by atoms with Gasteiger partial charge < -0.3 is 15.5 Å². The first-order valence-corrected chi connectivity index (χ1v) is 8.39. The highest BCUT2D eigenvalue weighted by atomic mass is 35.5. The Morgan fingerprint density at radius 2 is 1.42 bits per heavy atom. The van der Waals surface area contributed by atoms with Crippen molar-refractivity contribution < 1.29 is 14.4 Å². The van der Waals surface area contributed by atoms with Crippen LogP contribution >= 0.6 is 11.6 Å². The Kier molecular flexibility index (Phi) is 6.74. The Hall–Kier alpha value is -2.86. The van der Waals surface area contributed by atoms with Crippen molar-refractivity contribution in [3.8, 4) is 0 Å². The van der Waals surface area contributed by atoms with Gasteiger partial charge in [-0.15, -0.1) is 0 Å². The lowest BCUT2D eigenvalue weighted by Gasteiger charge is -2.20. The summed E-state index contributed by atoms with van der Waals surface area (Å²) in [6.45, 7) is 3.10. The number of carbonyl (C=O) groups excluding carboxylic acids is 3. The summed E-state index contributed by atoms with van der Waals surface area (Å²) in [5, 5.41) is 6.00. The van der Waals surface area contributed by atoms with Gasteiger partial charge in [0.2, 0.25) is 17.7 Å². The highest BCUT2D eigenvalue weighted by molar-refractivity contribution is 6.30. The molecule has 0 saturated carbocycles. The Labute approximate surface area is 157 Å². The summed E-state index contributed by atoms with van der Waals surface area (Å²) < 4.78 is 0. The third-order valence-corrected chi connectivity index (χ3v) is 3.81. The fourth-order valence-electron chi connectivity index (χ4n) is 2.30. The fourth-order valence-corrected chi connectivity index (χ4v) is 2.43. The molecule has 0 saturated heterocycles. The van der Waals surface area contributed by atoms with Gasteiger partial charge in [-0.3, -0.25) is 14.4 Å². The van der Waals surface area contributed by atoms with Gasteiger partial charge in [0.05, 0.1) is 0 Å². The van der Waals surface area contributed by atoms with Gasteiger partial charge in [-0.1, -0.05) is 23.7 Å². The second-order valence-corrected chi connectivity index (χ2v) is 6.24. The number of nitrogens with one attached hydrogen (secondary N) is 2. The minimum Gasteiger partial charge on any atom is -0.329 e. The van der Waals surface area contributed by atoms with Gasteiger partial charge in [0, 0.05) is 36.8 Å². The number of hydrogen-bond acceptors (Lipinski definition) is 3. The number of carbonyl (C=O) groups is 3. The molecule has 7 heteroatoms. The van der Waals surface area contributed by atoms with Crippen molar-refractivity contribution in [1.82, 2.24) is 4.90 Å². The summed E-state index contributed by atoms with van der Waals surface area (Å²) in [6, 6.07) is 13.9. The Bertz CT molecular complexity index is 789. The summed E-state index contributed by atoms with van der Waals surface area (Å²) in [4.78, 5) is 36.5. The van der Waals surface area contributed by atoms with Crippen molar-refractivity contribution in [2.45, 2.75) is 20.4 Å². The van der Waals surface area contributed by atoms with Gasteiger partial charge in [-0.25, -0.2) is 0 Å². The first-order chi connectivity index (χ1) is 12.3. The zero-order chi connectivity index (χ0) is 19.1. The maximum atomic E-state index is 12.2.